The van der Waals surface area contributed by atoms with Crippen LogP contribution in [-0.2, 0) is 13.5 Å². The number of nitrogens with zero attached hydrogens (tertiary/aromatic N) is 3. The standard InChI is InChI=1S/C12H13N3OS/c1-15-12(17-2)13-11(16)10(14-15)8-9-6-4-3-5-7-9/h3-7H,8H2,1-2H3. The molecule has 0 radical (unpaired) electrons. The minimum absolute atomic E-state index is 0.240. The van der Waals surface area contributed by atoms with Gasteiger partial charge in [-0.3, -0.25) is 4.79 Å². The highest BCUT2D eigenvalue weighted by molar-refractivity contribution is 7.98. The second kappa shape index (κ2) is 5.14. The van der Waals surface area contributed by atoms with E-state index >= 15 is 0 Å². The monoisotopic (exact) mass is 247 g/mol. The van der Waals surface area contributed by atoms with Crippen molar-refractivity contribution in [1.29, 1.82) is 0 Å². The van der Waals surface area contributed by atoms with E-state index in [1.807, 2.05) is 36.6 Å². The van der Waals surface area contributed by atoms with Crippen molar-refractivity contribution < 1.29 is 0 Å². The van der Waals surface area contributed by atoms with Gasteiger partial charge in [-0.15, -0.1) is 0 Å². The summed E-state index contributed by atoms with van der Waals surface area (Å²) in [6, 6.07) is 9.80. The fourth-order valence-corrected chi connectivity index (χ4v) is 2.05. The van der Waals surface area contributed by atoms with Crippen molar-refractivity contribution in [3.63, 3.8) is 0 Å². The maximum atomic E-state index is 11.8. The number of hydrogen-bond acceptors (Lipinski definition) is 4. The molecule has 5 heteroatoms. The van der Waals surface area contributed by atoms with Crippen LogP contribution in [-0.4, -0.2) is 21.0 Å². The predicted octanol–water partition coefficient (Wildman–Crippen LogP) is 1.49. The maximum Gasteiger partial charge on any atom is 0.295 e. The van der Waals surface area contributed by atoms with Crippen molar-refractivity contribution in [3.8, 4) is 0 Å². The summed E-state index contributed by atoms with van der Waals surface area (Å²) in [5, 5.41) is 4.89. The van der Waals surface area contributed by atoms with Crippen LogP contribution >= 0.6 is 11.8 Å². The lowest BCUT2D eigenvalue weighted by Crippen LogP contribution is -2.21. The van der Waals surface area contributed by atoms with Crippen LogP contribution in [0.2, 0.25) is 0 Å². The summed E-state index contributed by atoms with van der Waals surface area (Å²) in [5.74, 6) is 0. The normalized spacial score (nSPS) is 10.5. The summed E-state index contributed by atoms with van der Waals surface area (Å²) in [6.45, 7) is 0. The molecule has 0 spiro atoms. The van der Waals surface area contributed by atoms with Crippen LogP contribution in [0.15, 0.2) is 40.3 Å². The Morgan fingerprint density at radius 3 is 2.65 bits per heavy atom. The molecule has 0 amide bonds. The fourth-order valence-electron chi connectivity index (χ4n) is 1.57. The van der Waals surface area contributed by atoms with Gasteiger partial charge in [-0.05, 0) is 11.8 Å². The molecule has 1 heterocycles. The van der Waals surface area contributed by atoms with Gasteiger partial charge in [0, 0.05) is 13.5 Å². The summed E-state index contributed by atoms with van der Waals surface area (Å²) in [4.78, 5) is 15.8. The smallest absolute Gasteiger partial charge is 0.265 e. The Kier molecular flexibility index (Phi) is 3.58. The first kappa shape index (κ1) is 11.9. The molecule has 4 nitrogen and oxygen atoms in total. The highest BCUT2D eigenvalue weighted by atomic mass is 32.2. The molecular formula is C12H13N3OS. The minimum atomic E-state index is -0.240. The Morgan fingerprint density at radius 1 is 1.29 bits per heavy atom. The number of rotatable bonds is 3. The average Bonchev–Trinajstić information content (AvgIpc) is 2.34. The van der Waals surface area contributed by atoms with E-state index in [0.717, 1.165) is 5.56 Å². The average molecular weight is 247 g/mol. The summed E-state index contributed by atoms with van der Waals surface area (Å²) < 4.78 is 1.64. The first-order valence-electron chi connectivity index (χ1n) is 5.23. The van der Waals surface area contributed by atoms with Gasteiger partial charge in [-0.2, -0.15) is 10.1 Å². The van der Waals surface area contributed by atoms with E-state index in [1.165, 1.54) is 11.8 Å². The molecular weight excluding hydrogens is 234 g/mol. The molecule has 1 aromatic heterocycles. The minimum Gasteiger partial charge on any atom is -0.265 e. The molecule has 0 bridgehead atoms. The van der Waals surface area contributed by atoms with Crippen molar-refractivity contribution >= 4 is 11.8 Å². The van der Waals surface area contributed by atoms with Gasteiger partial charge in [-0.25, -0.2) is 4.68 Å². The van der Waals surface area contributed by atoms with Crippen LogP contribution in [0.3, 0.4) is 0 Å². The van der Waals surface area contributed by atoms with E-state index in [9.17, 15) is 4.79 Å². The van der Waals surface area contributed by atoms with Crippen molar-refractivity contribution in [3.05, 3.63) is 51.9 Å². The van der Waals surface area contributed by atoms with Gasteiger partial charge in [-0.1, -0.05) is 42.1 Å². The number of hydrogen-bond donors (Lipinski definition) is 0. The van der Waals surface area contributed by atoms with Gasteiger partial charge in [0.05, 0.1) is 0 Å². The zero-order valence-electron chi connectivity index (χ0n) is 9.75. The number of thioether (sulfide) groups is 1. The van der Waals surface area contributed by atoms with Crippen LogP contribution in [0.5, 0.6) is 0 Å². The molecule has 0 fully saturated rings. The molecule has 0 unspecified atom stereocenters. The zero-order chi connectivity index (χ0) is 12.3. The van der Waals surface area contributed by atoms with Gasteiger partial charge in [0.15, 0.2) is 5.16 Å². The number of aromatic nitrogens is 3. The Balaban J connectivity index is 2.34. The van der Waals surface area contributed by atoms with Crippen LogP contribution in [0.4, 0.5) is 0 Å². The van der Waals surface area contributed by atoms with E-state index in [0.29, 0.717) is 17.3 Å². The Bertz CT molecular complexity index is 566. The SMILES string of the molecule is CSc1nc(=O)c(Cc2ccccc2)nn1C. The van der Waals surface area contributed by atoms with Crippen molar-refractivity contribution in [2.75, 3.05) is 6.26 Å². The molecule has 0 aliphatic rings. The molecule has 0 saturated heterocycles. The molecule has 0 atom stereocenters. The molecule has 2 rings (SSSR count). The molecule has 0 saturated carbocycles. The first-order valence-corrected chi connectivity index (χ1v) is 6.45. The number of benzene rings is 1. The lowest BCUT2D eigenvalue weighted by molar-refractivity contribution is 0.592. The number of aryl methyl sites for hydroxylation is 1. The lowest BCUT2D eigenvalue weighted by atomic mass is 10.1. The maximum absolute atomic E-state index is 11.8. The van der Waals surface area contributed by atoms with Gasteiger partial charge < -0.3 is 0 Å². The Hall–Kier alpha value is -1.62. The van der Waals surface area contributed by atoms with E-state index < -0.39 is 0 Å². The van der Waals surface area contributed by atoms with E-state index in [1.54, 1.807) is 11.7 Å². The molecule has 0 N–H and O–H groups in total. The molecule has 0 aliphatic heterocycles. The molecule has 17 heavy (non-hydrogen) atoms. The van der Waals surface area contributed by atoms with Crippen LogP contribution in [0.25, 0.3) is 0 Å². The van der Waals surface area contributed by atoms with E-state index in [4.69, 9.17) is 0 Å². The summed E-state index contributed by atoms with van der Waals surface area (Å²) in [5.41, 5.74) is 1.31. The fraction of sp³-hybridized carbons (Fsp3) is 0.250. The van der Waals surface area contributed by atoms with E-state index in [-0.39, 0.29) is 5.56 Å². The Labute approximate surface area is 104 Å². The largest absolute Gasteiger partial charge is 0.295 e. The van der Waals surface area contributed by atoms with Crippen molar-refractivity contribution in [2.45, 2.75) is 11.6 Å². The summed E-state index contributed by atoms with van der Waals surface area (Å²) in [6.07, 6.45) is 2.40. The molecule has 88 valence electrons. The highest BCUT2D eigenvalue weighted by Gasteiger charge is 2.07. The van der Waals surface area contributed by atoms with Crippen molar-refractivity contribution in [1.82, 2.24) is 14.8 Å². The first-order chi connectivity index (χ1) is 8.20. The van der Waals surface area contributed by atoms with Crippen LogP contribution in [0.1, 0.15) is 11.3 Å². The summed E-state index contributed by atoms with van der Waals surface area (Å²) >= 11 is 1.41. The van der Waals surface area contributed by atoms with Gasteiger partial charge in [0.1, 0.15) is 5.69 Å². The molecule has 1 aromatic carbocycles. The second-order valence-electron chi connectivity index (χ2n) is 3.64. The summed E-state index contributed by atoms with van der Waals surface area (Å²) in [7, 11) is 1.80. The van der Waals surface area contributed by atoms with Gasteiger partial charge >= 0.3 is 0 Å². The lowest BCUT2D eigenvalue weighted by Gasteiger charge is -2.05. The quantitative estimate of drug-likeness (QED) is 0.771. The Morgan fingerprint density at radius 2 is 2.00 bits per heavy atom. The highest BCUT2D eigenvalue weighted by Crippen LogP contribution is 2.08. The van der Waals surface area contributed by atoms with Gasteiger partial charge in [0.25, 0.3) is 5.56 Å². The predicted molar refractivity (Wildman–Crippen MR) is 68.3 cm³/mol. The topological polar surface area (TPSA) is 47.8 Å². The van der Waals surface area contributed by atoms with Crippen LogP contribution in [0, 0.1) is 0 Å². The third-order valence-electron chi connectivity index (χ3n) is 2.39. The van der Waals surface area contributed by atoms with Crippen LogP contribution < -0.4 is 5.56 Å². The third-order valence-corrected chi connectivity index (χ3v) is 3.11. The molecule has 0 aliphatic carbocycles. The van der Waals surface area contributed by atoms with Crippen molar-refractivity contribution in [2.24, 2.45) is 7.05 Å². The second-order valence-corrected chi connectivity index (χ2v) is 4.41. The van der Waals surface area contributed by atoms with Gasteiger partial charge in [0.2, 0.25) is 0 Å². The van der Waals surface area contributed by atoms with E-state index in [2.05, 4.69) is 10.1 Å². The molecule has 2 aromatic rings. The third kappa shape index (κ3) is 2.74. The zero-order valence-corrected chi connectivity index (χ0v) is 10.6.